The molecule has 0 radical (unpaired) electrons. The average molecular weight is 1180 g/mol. The van der Waals surface area contributed by atoms with Crippen LogP contribution in [0, 0.1) is 30.6 Å². The Balaban J connectivity index is 1.40. The Morgan fingerprint density at radius 3 is 1.65 bits per heavy atom. The van der Waals surface area contributed by atoms with Crippen LogP contribution in [0.25, 0.3) is 0 Å². The van der Waals surface area contributed by atoms with Crippen LogP contribution < -0.4 is 47.9 Å². The Morgan fingerprint density at radius 1 is 0.595 bits per heavy atom. The summed E-state index contributed by atoms with van der Waals surface area (Å²) >= 11 is 0. The summed E-state index contributed by atoms with van der Waals surface area (Å²) in [5, 5.41) is 25.3. The Kier molecular flexibility index (Phi) is 27.1. The van der Waals surface area contributed by atoms with E-state index < -0.39 is 100.0 Å². The molecule has 3 fully saturated rings. The van der Waals surface area contributed by atoms with E-state index in [1.54, 1.807) is 6.92 Å². The largest absolute Gasteiger partial charge is 0.448 e. The molecule has 9 N–H and O–H groups in total. The number of hydrogen-bond donors (Lipinski definition) is 9. The maximum atomic E-state index is 14.4. The minimum atomic E-state index is -1.64. The molecule has 84 heavy (non-hydrogen) atoms. The molecule has 2 aliphatic heterocycles. The van der Waals surface area contributed by atoms with Gasteiger partial charge in [-0.15, -0.1) is 0 Å². The highest BCUT2D eigenvalue weighted by molar-refractivity contribution is 6.00. The normalized spacial score (nSPS) is 18.2. The van der Waals surface area contributed by atoms with Crippen LogP contribution in [0.2, 0.25) is 0 Å². The third kappa shape index (κ3) is 22.7. The SMILES string of the molecule is Cc1nc(C(=O)N2CCC[C@H]2C(=O)N[C@@H](CCC2CCCCC2)C(=O)N[C@@H](CC(C)C)C(=O)NC(C)(C)C(=O)N[C@@H](CC(C)C)C(=O)N[C@@H](CC(C)C)C(=O)NC(C)(C)C(=O)NC(C)(C)C(=O)NCCC(=O)N[C@@H](C)CN2CCOCC2)co1. The van der Waals surface area contributed by atoms with Crippen molar-refractivity contribution in [2.24, 2.45) is 23.7 Å². The number of carbonyl (C=O) groups excluding carboxylic acids is 10. The summed E-state index contributed by atoms with van der Waals surface area (Å²) in [5.74, 6) is -5.37. The minimum Gasteiger partial charge on any atom is -0.448 e. The molecule has 24 heteroatoms. The van der Waals surface area contributed by atoms with Crippen LogP contribution in [0.4, 0.5) is 0 Å². The first kappa shape index (κ1) is 70.3. The number of nitrogens with zero attached hydrogens (tertiary/aromatic N) is 3. The summed E-state index contributed by atoms with van der Waals surface area (Å²) in [7, 11) is 0. The number of carbonyl (C=O) groups is 10. The van der Waals surface area contributed by atoms with Crippen molar-refractivity contribution in [3.8, 4) is 0 Å². The molecule has 1 saturated carbocycles. The van der Waals surface area contributed by atoms with Crippen molar-refractivity contribution < 1.29 is 57.1 Å². The van der Waals surface area contributed by atoms with E-state index >= 15 is 0 Å². The van der Waals surface area contributed by atoms with Gasteiger partial charge in [0.05, 0.1) is 13.2 Å². The highest BCUT2D eigenvalue weighted by Gasteiger charge is 2.42. The first-order chi connectivity index (χ1) is 39.3. The maximum absolute atomic E-state index is 14.4. The molecule has 3 aliphatic rings. The predicted octanol–water partition coefficient (Wildman–Crippen LogP) is 3.05. The molecule has 2 saturated heterocycles. The number of hydrogen-bond acceptors (Lipinski definition) is 14. The quantitative estimate of drug-likeness (QED) is 0.0517. The third-order valence-electron chi connectivity index (χ3n) is 15.6. The number of amides is 10. The third-order valence-corrected chi connectivity index (χ3v) is 15.6. The molecule has 474 valence electrons. The van der Waals surface area contributed by atoms with Gasteiger partial charge in [0, 0.05) is 52.1 Å². The van der Waals surface area contributed by atoms with Crippen LogP contribution >= 0.6 is 0 Å². The first-order valence-electron chi connectivity index (χ1n) is 30.6. The molecule has 4 rings (SSSR count). The van der Waals surface area contributed by atoms with Crippen molar-refractivity contribution in [1.82, 2.24) is 62.6 Å². The van der Waals surface area contributed by atoms with Crippen molar-refractivity contribution >= 4 is 59.1 Å². The van der Waals surface area contributed by atoms with E-state index in [4.69, 9.17) is 9.15 Å². The van der Waals surface area contributed by atoms with Crippen molar-refractivity contribution in [2.45, 2.75) is 233 Å². The fraction of sp³-hybridized carbons (Fsp3) is 0.783. The standard InChI is InChI=1S/C60H102N12O12/c1-36(2)31-43(50(75)66-45(33-38(5)6)52(77)69-60(13,14)57(82)70-58(9,10)55(80)61-25-24-48(73)62-39(7)34-71-27-29-83-30-28-71)67-56(81)59(11,12)68-51(76)44(32-37(3)4)65-49(74)42(23-22-41-19-16-15-17-20-41)64-53(78)47-21-18-26-72(47)54(79)46-35-84-40(8)63-46/h35-39,41-45,47H,15-34H2,1-14H3,(H,61,80)(H,62,73)(H,64,78)(H,65,74)(H,66,75)(H,67,81)(H,68,76)(H,69,77)(H,70,82)/t39-,42-,43-,44-,45-,47-/m0/s1. The van der Waals surface area contributed by atoms with Crippen molar-refractivity contribution in [1.29, 1.82) is 0 Å². The second-order valence-corrected chi connectivity index (χ2v) is 26.3. The molecule has 0 bridgehead atoms. The van der Waals surface area contributed by atoms with Gasteiger partial charge in [0.15, 0.2) is 11.6 Å². The van der Waals surface area contributed by atoms with E-state index in [0.717, 1.165) is 45.2 Å². The number of nitrogens with one attached hydrogen (secondary N) is 9. The number of morpholine rings is 1. The number of likely N-dealkylation sites (tertiary alicyclic amines) is 1. The predicted molar refractivity (Wildman–Crippen MR) is 316 cm³/mol. The molecule has 0 aromatic carbocycles. The van der Waals surface area contributed by atoms with Crippen LogP contribution in [0.5, 0.6) is 0 Å². The molecule has 6 atom stereocenters. The lowest BCUT2D eigenvalue weighted by Gasteiger charge is -2.34. The van der Waals surface area contributed by atoms with Gasteiger partial charge in [0.1, 0.15) is 53.1 Å². The molecule has 0 spiro atoms. The van der Waals surface area contributed by atoms with Crippen LogP contribution in [0.3, 0.4) is 0 Å². The zero-order valence-electron chi connectivity index (χ0n) is 52.7. The van der Waals surface area contributed by atoms with Gasteiger partial charge in [-0.3, -0.25) is 52.8 Å². The van der Waals surface area contributed by atoms with Gasteiger partial charge in [0.25, 0.3) is 5.91 Å². The Labute approximate surface area is 497 Å². The van der Waals surface area contributed by atoms with E-state index in [-0.39, 0.29) is 67.6 Å². The molecule has 1 aromatic rings. The Hall–Kier alpha value is -6.17. The molecular weight excluding hydrogens is 1080 g/mol. The average Bonchev–Trinajstić information content (AvgIpc) is 3.71. The zero-order valence-corrected chi connectivity index (χ0v) is 52.7. The highest BCUT2D eigenvalue weighted by Crippen LogP contribution is 2.28. The monoisotopic (exact) mass is 1180 g/mol. The van der Waals surface area contributed by atoms with Crippen LogP contribution in [0.1, 0.15) is 190 Å². The molecule has 3 heterocycles. The lowest BCUT2D eigenvalue weighted by molar-refractivity contribution is -0.139. The lowest BCUT2D eigenvalue weighted by atomic mass is 9.85. The molecule has 24 nitrogen and oxygen atoms in total. The second-order valence-electron chi connectivity index (χ2n) is 26.3. The number of ether oxygens (including phenoxy) is 1. The van der Waals surface area contributed by atoms with Crippen LogP contribution in [0.15, 0.2) is 10.7 Å². The van der Waals surface area contributed by atoms with Gasteiger partial charge in [-0.2, -0.15) is 0 Å². The molecule has 10 amide bonds. The summed E-state index contributed by atoms with van der Waals surface area (Å²) in [6.45, 7) is 27.5. The van der Waals surface area contributed by atoms with Gasteiger partial charge in [-0.05, 0) is 117 Å². The first-order valence-corrected chi connectivity index (χ1v) is 30.6. The van der Waals surface area contributed by atoms with Gasteiger partial charge >= 0.3 is 0 Å². The zero-order chi connectivity index (χ0) is 62.7. The maximum Gasteiger partial charge on any atom is 0.276 e. The van der Waals surface area contributed by atoms with Crippen molar-refractivity contribution in [3.63, 3.8) is 0 Å². The number of oxazole rings is 1. The fourth-order valence-corrected chi connectivity index (χ4v) is 10.8. The van der Waals surface area contributed by atoms with Gasteiger partial charge in [-0.25, -0.2) is 4.98 Å². The minimum absolute atomic E-state index is 0.0232. The lowest BCUT2D eigenvalue weighted by Crippen LogP contribution is -2.65. The summed E-state index contributed by atoms with van der Waals surface area (Å²) < 4.78 is 10.6. The van der Waals surface area contributed by atoms with Gasteiger partial charge in [-0.1, -0.05) is 73.6 Å². The van der Waals surface area contributed by atoms with E-state index in [9.17, 15) is 47.9 Å². The molecule has 1 aromatic heterocycles. The van der Waals surface area contributed by atoms with E-state index in [1.807, 2.05) is 48.5 Å². The summed E-state index contributed by atoms with van der Waals surface area (Å²) in [4.78, 5) is 146. The van der Waals surface area contributed by atoms with E-state index in [1.165, 1.54) is 52.7 Å². The number of rotatable bonds is 31. The summed E-state index contributed by atoms with van der Waals surface area (Å²) in [5.41, 5.74) is -4.60. The van der Waals surface area contributed by atoms with E-state index in [2.05, 4.69) is 57.7 Å². The number of aromatic nitrogens is 1. The van der Waals surface area contributed by atoms with Crippen molar-refractivity contribution in [3.05, 3.63) is 17.8 Å². The van der Waals surface area contributed by atoms with Crippen LogP contribution in [-0.4, -0.2) is 173 Å². The Bertz CT molecular complexity index is 2410. The summed E-state index contributed by atoms with van der Waals surface area (Å²) in [6.07, 6.45) is 9.04. The highest BCUT2D eigenvalue weighted by atomic mass is 16.5. The van der Waals surface area contributed by atoms with Crippen LogP contribution in [-0.2, 0) is 47.9 Å². The van der Waals surface area contributed by atoms with Crippen molar-refractivity contribution in [2.75, 3.05) is 45.9 Å². The molecule has 0 unspecified atom stereocenters. The topological polar surface area (TPSA) is 321 Å². The molecular formula is C60H102N12O12. The Morgan fingerprint density at radius 2 is 1.12 bits per heavy atom. The van der Waals surface area contributed by atoms with E-state index in [0.29, 0.717) is 63.8 Å². The van der Waals surface area contributed by atoms with Gasteiger partial charge < -0.3 is 61.9 Å². The van der Waals surface area contributed by atoms with Gasteiger partial charge in [0.2, 0.25) is 53.2 Å². The number of aryl methyl sites for hydroxylation is 1. The smallest absolute Gasteiger partial charge is 0.276 e. The second kappa shape index (κ2) is 32.4. The fourth-order valence-electron chi connectivity index (χ4n) is 10.8. The summed E-state index contributed by atoms with van der Waals surface area (Å²) in [6, 6.07) is -5.46. The molecule has 1 aliphatic carbocycles.